The fourth-order valence-electron chi connectivity index (χ4n) is 2.98. The Kier molecular flexibility index (Phi) is 8.03. The SMILES string of the molecule is CC.CCCN(C)CCN1CCCc2[nH]c(C=O)c(C)c2C1=O. The van der Waals surface area contributed by atoms with E-state index in [1.54, 1.807) is 0 Å². The highest BCUT2D eigenvalue weighted by atomic mass is 16.2. The summed E-state index contributed by atoms with van der Waals surface area (Å²) < 4.78 is 0. The minimum Gasteiger partial charge on any atom is -0.355 e. The number of H-pyrrole nitrogens is 1. The Morgan fingerprint density at radius 1 is 1.30 bits per heavy atom. The van der Waals surface area contributed by atoms with E-state index in [4.69, 9.17) is 0 Å². The van der Waals surface area contributed by atoms with Crippen molar-refractivity contribution >= 4 is 12.2 Å². The molecule has 130 valence electrons. The molecule has 2 heterocycles. The van der Waals surface area contributed by atoms with Gasteiger partial charge in [-0.25, -0.2) is 0 Å². The summed E-state index contributed by atoms with van der Waals surface area (Å²) in [5, 5.41) is 0. The van der Waals surface area contributed by atoms with E-state index in [1.165, 1.54) is 0 Å². The Bertz CT molecular complexity index is 523. The van der Waals surface area contributed by atoms with Crippen LogP contribution in [0.1, 0.15) is 65.7 Å². The van der Waals surface area contributed by atoms with E-state index in [-0.39, 0.29) is 5.91 Å². The molecule has 23 heavy (non-hydrogen) atoms. The van der Waals surface area contributed by atoms with Gasteiger partial charge in [0.05, 0.1) is 11.3 Å². The smallest absolute Gasteiger partial charge is 0.256 e. The van der Waals surface area contributed by atoms with Gasteiger partial charge in [0.15, 0.2) is 6.29 Å². The molecule has 0 unspecified atom stereocenters. The van der Waals surface area contributed by atoms with Gasteiger partial charge < -0.3 is 14.8 Å². The minimum absolute atomic E-state index is 0.0641. The van der Waals surface area contributed by atoms with Crippen LogP contribution in [-0.4, -0.2) is 60.2 Å². The quantitative estimate of drug-likeness (QED) is 0.820. The van der Waals surface area contributed by atoms with Crippen LogP contribution in [0.4, 0.5) is 0 Å². The summed E-state index contributed by atoms with van der Waals surface area (Å²) in [5.41, 5.74) is 2.97. The number of amides is 1. The lowest BCUT2D eigenvalue weighted by Gasteiger charge is -2.24. The Balaban J connectivity index is 0.00000127. The van der Waals surface area contributed by atoms with E-state index in [2.05, 4.69) is 23.9 Å². The molecule has 1 aromatic heterocycles. The van der Waals surface area contributed by atoms with Gasteiger partial charge in [-0.15, -0.1) is 0 Å². The van der Waals surface area contributed by atoms with Crippen molar-refractivity contribution in [1.29, 1.82) is 0 Å². The number of carbonyl (C=O) groups excluding carboxylic acids is 2. The highest BCUT2D eigenvalue weighted by Crippen LogP contribution is 2.23. The zero-order valence-corrected chi connectivity index (χ0v) is 15.2. The Morgan fingerprint density at radius 2 is 2.00 bits per heavy atom. The van der Waals surface area contributed by atoms with Gasteiger partial charge in [-0.1, -0.05) is 20.8 Å². The number of likely N-dealkylation sites (N-methyl/N-ethyl adjacent to an activating group) is 1. The summed E-state index contributed by atoms with van der Waals surface area (Å²) in [4.78, 5) is 31.0. The third-order valence-corrected chi connectivity index (χ3v) is 4.20. The number of nitrogens with one attached hydrogen (secondary N) is 1. The van der Waals surface area contributed by atoms with Crippen LogP contribution >= 0.6 is 0 Å². The number of aryl methyl sites for hydroxylation is 1. The topological polar surface area (TPSA) is 56.4 Å². The number of nitrogens with zero attached hydrogens (tertiary/aromatic N) is 2. The number of fused-ring (bicyclic) bond motifs is 1. The summed E-state index contributed by atoms with van der Waals surface area (Å²) in [6.45, 7) is 11.5. The third kappa shape index (κ3) is 4.67. The van der Waals surface area contributed by atoms with Gasteiger partial charge in [0, 0.05) is 25.3 Å². The molecule has 1 aliphatic heterocycles. The zero-order chi connectivity index (χ0) is 17.4. The van der Waals surface area contributed by atoms with Crippen LogP contribution in [0.15, 0.2) is 0 Å². The van der Waals surface area contributed by atoms with Gasteiger partial charge in [-0.05, 0) is 45.3 Å². The first-order valence-electron chi connectivity index (χ1n) is 8.72. The van der Waals surface area contributed by atoms with Crippen molar-refractivity contribution < 1.29 is 9.59 Å². The van der Waals surface area contributed by atoms with Crippen molar-refractivity contribution in [3.05, 3.63) is 22.5 Å². The molecule has 0 radical (unpaired) electrons. The van der Waals surface area contributed by atoms with Crippen LogP contribution in [0.2, 0.25) is 0 Å². The molecule has 2 rings (SSSR count). The number of aldehydes is 1. The van der Waals surface area contributed by atoms with Gasteiger partial charge in [0.1, 0.15) is 0 Å². The average molecular weight is 321 g/mol. The first-order valence-corrected chi connectivity index (χ1v) is 8.72. The molecule has 1 aliphatic rings. The monoisotopic (exact) mass is 321 g/mol. The van der Waals surface area contributed by atoms with Crippen molar-refractivity contribution in [1.82, 2.24) is 14.8 Å². The van der Waals surface area contributed by atoms with Gasteiger partial charge in [-0.2, -0.15) is 0 Å². The van der Waals surface area contributed by atoms with Crippen LogP contribution in [0.3, 0.4) is 0 Å². The molecule has 1 aromatic rings. The average Bonchev–Trinajstić information content (AvgIpc) is 2.78. The molecule has 5 heteroatoms. The fourth-order valence-corrected chi connectivity index (χ4v) is 2.98. The first-order chi connectivity index (χ1) is 11.1. The van der Waals surface area contributed by atoms with Crippen LogP contribution in [-0.2, 0) is 6.42 Å². The van der Waals surface area contributed by atoms with Crippen LogP contribution in [0.5, 0.6) is 0 Å². The van der Waals surface area contributed by atoms with Gasteiger partial charge in [0.2, 0.25) is 0 Å². The minimum atomic E-state index is 0.0641. The van der Waals surface area contributed by atoms with E-state index in [9.17, 15) is 9.59 Å². The van der Waals surface area contributed by atoms with Crippen molar-refractivity contribution in [2.45, 2.75) is 47.0 Å². The molecule has 0 saturated heterocycles. The molecular formula is C18H31N3O2. The molecule has 0 atom stereocenters. The maximum atomic E-state index is 12.7. The molecule has 0 bridgehead atoms. The van der Waals surface area contributed by atoms with Gasteiger partial charge >= 0.3 is 0 Å². The highest BCUT2D eigenvalue weighted by molar-refractivity contribution is 5.99. The van der Waals surface area contributed by atoms with Gasteiger partial charge in [0.25, 0.3) is 5.91 Å². The first kappa shape index (κ1) is 19.4. The summed E-state index contributed by atoms with van der Waals surface area (Å²) in [6.07, 6.45) is 3.69. The predicted octanol–water partition coefficient (Wildman–Crippen LogP) is 2.89. The lowest BCUT2D eigenvalue weighted by atomic mass is 10.1. The summed E-state index contributed by atoms with van der Waals surface area (Å²) in [5.74, 6) is 0.0641. The fraction of sp³-hybridized carbons (Fsp3) is 0.667. The highest BCUT2D eigenvalue weighted by Gasteiger charge is 2.27. The van der Waals surface area contributed by atoms with E-state index in [0.717, 1.165) is 63.0 Å². The molecular weight excluding hydrogens is 290 g/mol. The Labute approximate surface area is 140 Å². The molecule has 0 fully saturated rings. The van der Waals surface area contributed by atoms with Crippen molar-refractivity contribution in [2.24, 2.45) is 0 Å². The molecule has 5 nitrogen and oxygen atoms in total. The normalized spacial score (nSPS) is 14.2. The van der Waals surface area contributed by atoms with Crippen molar-refractivity contribution in [2.75, 3.05) is 33.2 Å². The predicted molar refractivity (Wildman–Crippen MR) is 94.3 cm³/mol. The van der Waals surface area contributed by atoms with Crippen LogP contribution in [0.25, 0.3) is 0 Å². The van der Waals surface area contributed by atoms with Crippen molar-refractivity contribution in [3.63, 3.8) is 0 Å². The number of carbonyl (C=O) groups is 2. The van der Waals surface area contributed by atoms with Gasteiger partial charge in [-0.3, -0.25) is 9.59 Å². The largest absolute Gasteiger partial charge is 0.355 e. The van der Waals surface area contributed by atoms with E-state index in [0.29, 0.717) is 11.3 Å². The maximum Gasteiger partial charge on any atom is 0.256 e. The maximum absolute atomic E-state index is 12.7. The second-order valence-corrected chi connectivity index (χ2v) is 5.83. The number of hydrogen-bond donors (Lipinski definition) is 1. The van der Waals surface area contributed by atoms with Crippen LogP contribution < -0.4 is 0 Å². The lowest BCUT2D eigenvalue weighted by molar-refractivity contribution is 0.0746. The van der Waals surface area contributed by atoms with E-state index in [1.807, 2.05) is 25.7 Å². The summed E-state index contributed by atoms with van der Waals surface area (Å²) in [6, 6.07) is 0. The summed E-state index contributed by atoms with van der Waals surface area (Å²) >= 11 is 0. The Morgan fingerprint density at radius 3 is 2.61 bits per heavy atom. The number of rotatable bonds is 6. The Hall–Kier alpha value is -1.62. The number of aromatic amines is 1. The standard InChI is InChI=1S/C16H25N3O2.C2H6/c1-4-7-18(3)9-10-19-8-5-6-13-15(16(19)21)12(2)14(11-20)17-13;1-2/h11,17H,4-10H2,1-3H3;1-2H3. The molecule has 1 amide bonds. The van der Waals surface area contributed by atoms with E-state index >= 15 is 0 Å². The number of aromatic nitrogens is 1. The molecule has 0 aromatic carbocycles. The number of hydrogen-bond acceptors (Lipinski definition) is 3. The van der Waals surface area contributed by atoms with Crippen molar-refractivity contribution in [3.8, 4) is 0 Å². The second-order valence-electron chi connectivity index (χ2n) is 5.83. The molecule has 0 aliphatic carbocycles. The summed E-state index contributed by atoms with van der Waals surface area (Å²) in [7, 11) is 2.09. The molecule has 0 saturated carbocycles. The lowest BCUT2D eigenvalue weighted by Crippen LogP contribution is -2.38. The molecule has 1 N–H and O–H groups in total. The van der Waals surface area contributed by atoms with Crippen LogP contribution in [0, 0.1) is 6.92 Å². The zero-order valence-electron chi connectivity index (χ0n) is 15.2. The van der Waals surface area contributed by atoms with E-state index < -0.39 is 0 Å². The second kappa shape index (κ2) is 9.50. The molecule has 0 spiro atoms. The third-order valence-electron chi connectivity index (χ3n) is 4.20.